The molecular weight excluding hydrogens is 666 g/mol. The number of nitrogens with two attached hydrogens (primary N) is 1. The zero-order valence-electron chi connectivity index (χ0n) is 33.3. The number of rotatable bonds is 20. The van der Waals surface area contributed by atoms with Crippen LogP contribution < -0.4 is 16.4 Å². The molecule has 13 heteroatoms. The molecule has 0 aliphatic carbocycles. The van der Waals surface area contributed by atoms with E-state index in [2.05, 4.69) is 17.6 Å². The molecule has 13 nitrogen and oxygen atoms in total. The number of hydrogen-bond donors (Lipinski definition) is 3. The third-order valence-corrected chi connectivity index (χ3v) is 10.8. The number of nitrogens with zero attached hydrogens (tertiary/aromatic N) is 2. The summed E-state index contributed by atoms with van der Waals surface area (Å²) in [6.07, 6.45) is 1.57. The molecular formula is C39H65N5O8. The Kier molecular flexibility index (Phi) is 17.9. The van der Waals surface area contributed by atoms with Crippen molar-refractivity contribution in [2.24, 2.45) is 23.5 Å². The first-order valence-corrected chi connectivity index (χ1v) is 18.6. The van der Waals surface area contributed by atoms with Crippen molar-refractivity contribution in [2.75, 3.05) is 34.9 Å². The van der Waals surface area contributed by atoms with Crippen molar-refractivity contribution in [3.05, 3.63) is 35.9 Å². The molecule has 1 aliphatic rings. The maximum atomic E-state index is 14.2. The first kappa shape index (κ1) is 44.8. The average Bonchev–Trinajstić information content (AvgIpc) is 3.60. The standard InChI is InChI=1S/C39H65N5O8/c1-12-25(5)33(43(8)32(24(3)4)36(47)42-38(49)39(7,40)13-2)30(50-9)23-31(45)44-21-17-20-29(44)34(51-10)26(6)35(46)41-28(37(48)52-11)22-27-18-15-14-16-19-27/h14-16,18-19,24-26,28-30,32-34H,12-13,17,20-23,40H2,1-11H3,(H,41,46)(H,42,47,49)/t25-,26+,28-,29-,30+,32-,33-,34+,39+/m0/s1. The van der Waals surface area contributed by atoms with Gasteiger partial charge < -0.3 is 30.2 Å². The minimum absolute atomic E-state index is 0.0198. The second-order valence-electron chi connectivity index (χ2n) is 14.9. The Morgan fingerprint density at radius 3 is 2.15 bits per heavy atom. The molecule has 0 saturated carbocycles. The van der Waals surface area contributed by atoms with Gasteiger partial charge >= 0.3 is 5.97 Å². The fraction of sp³-hybridized carbons (Fsp3) is 0.718. The van der Waals surface area contributed by atoms with E-state index in [4.69, 9.17) is 19.9 Å². The van der Waals surface area contributed by atoms with Gasteiger partial charge in [0.1, 0.15) is 6.04 Å². The van der Waals surface area contributed by atoms with Gasteiger partial charge in [-0.2, -0.15) is 0 Å². The monoisotopic (exact) mass is 731 g/mol. The summed E-state index contributed by atoms with van der Waals surface area (Å²) in [5, 5.41) is 5.39. The lowest BCUT2D eigenvalue weighted by Gasteiger charge is -2.43. The molecule has 4 amide bonds. The lowest BCUT2D eigenvalue weighted by Crippen LogP contribution is -2.61. The highest BCUT2D eigenvalue weighted by Crippen LogP contribution is 2.30. The zero-order valence-corrected chi connectivity index (χ0v) is 33.3. The Balaban J connectivity index is 2.29. The number of imide groups is 1. The van der Waals surface area contributed by atoms with E-state index in [9.17, 15) is 24.0 Å². The van der Waals surface area contributed by atoms with Crippen molar-refractivity contribution in [2.45, 2.75) is 129 Å². The van der Waals surface area contributed by atoms with E-state index in [0.717, 1.165) is 18.4 Å². The summed E-state index contributed by atoms with van der Waals surface area (Å²) in [4.78, 5) is 70.6. The van der Waals surface area contributed by atoms with Crippen LogP contribution >= 0.6 is 0 Å². The summed E-state index contributed by atoms with van der Waals surface area (Å²) < 4.78 is 16.9. The van der Waals surface area contributed by atoms with Crippen LogP contribution in [0.5, 0.6) is 0 Å². The third-order valence-electron chi connectivity index (χ3n) is 10.8. The van der Waals surface area contributed by atoms with Gasteiger partial charge in [-0.05, 0) is 50.6 Å². The van der Waals surface area contributed by atoms with Crippen molar-refractivity contribution in [1.29, 1.82) is 0 Å². The van der Waals surface area contributed by atoms with Gasteiger partial charge in [0.2, 0.25) is 23.6 Å². The van der Waals surface area contributed by atoms with E-state index in [1.165, 1.54) is 14.2 Å². The number of ether oxygens (including phenoxy) is 3. The van der Waals surface area contributed by atoms with Crippen LogP contribution in [0.3, 0.4) is 0 Å². The van der Waals surface area contributed by atoms with E-state index in [0.29, 0.717) is 19.4 Å². The molecule has 1 fully saturated rings. The maximum absolute atomic E-state index is 14.2. The fourth-order valence-corrected chi connectivity index (χ4v) is 7.31. The smallest absolute Gasteiger partial charge is 0.328 e. The zero-order chi connectivity index (χ0) is 39.3. The van der Waals surface area contributed by atoms with Gasteiger partial charge in [0.05, 0.1) is 49.3 Å². The Bertz CT molecular complexity index is 1320. The summed E-state index contributed by atoms with van der Waals surface area (Å²) in [5.41, 5.74) is 5.81. The van der Waals surface area contributed by atoms with Gasteiger partial charge in [0, 0.05) is 33.2 Å². The summed E-state index contributed by atoms with van der Waals surface area (Å²) in [7, 11) is 6.21. The van der Waals surface area contributed by atoms with Crippen LogP contribution in [0.4, 0.5) is 0 Å². The SMILES string of the molecule is CC[C@H](C)[C@@H]([C@@H](CC(=O)N1CCC[C@H]1[C@H](OC)[C@@H](C)C(=O)N[C@@H](Cc1ccccc1)C(=O)OC)OC)N(C)[C@H](C(=O)NC(=O)[C@](C)(N)CC)C(C)C. The molecule has 294 valence electrons. The maximum Gasteiger partial charge on any atom is 0.328 e. The van der Waals surface area contributed by atoms with Crippen LogP contribution in [-0.2, 0) is 44.6 Å². The van der Waals surface area contributed by atoms with Crippen LogP contribution in [0.15, 0.2) is 30.3 Å². The van der Waals surface area contributed by atoms with Crippen molar-refractivity contribution < 1.29 is 38.2 Å². The van der Waals surface area contributed by atoms with Gasteiger partial charge in [-0.3, -0.25) is 29.4 Å². The number of esters is 1. The van der Waals surface area contributed by atoms with Gasteiger partial charge in [-0.1, -0.05) is 78.3 Å². The second-order valence-corrected chi connectivity index (χ2v) is 14.9. The largest absolute Gasteiger partial charge is 0.467 e. The molecule has 4 N–H and O–H groups in total. The van der Waals surface area contributed by atoms with Crippen LogP contribution in [0.1, 0.15) is 86.1 Å². The Morgan fingerprint density at radius 2 is 1.63 bits per heavy atom. The Morgan fingerprint density at radius 1 is 1.00 bits per heavy atom. The number of amides is 4. The molecule has 52 heavy (non-hydrogen) atoms. The third kappa shape index (κ3) is 11.6. The molecule has 0 aromatic heterocycles. The van der Waals surface area contributed by atoms with Gasteiger partial charge in [-0.25, -0.2) is 4.79 Å². The molecule has 1 aliphatic heterocycles. The average molecular weight is 732 g/mol. The number of likely N-dealkylation sites (N-methyl/N-ethyl adjacent to an activating group) is 1. The molecule has 0 radical (unpaired) electrons. The Labute approximate surface area is 311 Å². The highest BCUT2D eigenvalue weighted by molar-refractivity contribution is 6.01. The first-order valence-electron chi connectivity index (χ1n) is 18.6. The lowest BCUT2D eigenvalue weighted by molar-refractivity contribution is -0.147. The van der Waals surface area contributed by atoms with Crippen molar-refractivity contribution >= 4 is 29.6 Å². The molecule has 9 atom stereocenters. The molecule has 1 aromatic rings. The molecule has 1 heterocycles. The van der Waals surface area contributed by atoms with Crippen LogP contribution in [0.25, 0.3) is 0 Å². The number of carbonyl (C=O) groups is 5. The Hall–Kier alpha value is -3.39. The van der Waals surface area contributed by atoms with E-state index in [1.54, 1.807) is 32.8 Å². The predicted octanol–water partition coefficient (Wildman–Crippen LogP) is 3.08. The minimum atomic E-state index is -1.19. The van der Waals surface area contributed by atoms with Crippen molar-refractivity contribution in [3.63, 3.8) is 0 Å². The normalized spacial score (nSPS) is 19.9. The summed E-state index contributed by atoms with van der Waals surface area (Å²) >= 11 is 0. The quantitative estimate of drug-likeness (QED) is 0.170. The summed E-state index contributed by atoms with van der Waals surface area (Å²) in [5.74, 6) is -2.91. The van der Waals surface area contributed by atoms with E-state index in [1.807, 2.05) is 63.1 Å². The number of nitrogens with one attached hydrogen (secondary N) is 2. The van der Waals surface area contributed by atoms with E-state index >= 15 is 0 Å². The second kappa shape index (κ2) is 20.7. The molecule has 0 bridgehead atoms. The van der Waals surface area contributed by atoms with Gasteiger partial charge in [0.15, 0.2) is 0 Å². The molecule has 0 spiro atoms. The van der Waals surface area contributed by atoms with E-state index in [-0.39, 0.29) is 48.6 Å². The highest BCUT2D eigenvalue weighted by atomic mass is 16.5. The van der Waals surface area contributed by atoms with Crippen molar-refractivity contribution in [3.8, 4) is 0 Å². The minimum Gasteiger partial charge on any atom is -0.467 e. The van der Waals surface area contributed by atoms with Gasteiger partial charge in [0.25, 0.3) is 0 Å². The van der Waals surface area contributed by atoms with Crippen LogP contribution in [0, 0.1) is 17.8 Å². The van der Waals surface area contributed by atoms with Crippen LogP contribution in [-0.4, -0.2) is 116 Å². The lowest BCUT2D eigenvalue weighted by atomic mass is 9.87. The highest BCUT2D eigenvalue weighted by Gasteiger charge is 2.44. The van der Waals surface area contributed by atoms with Crippen molar-refractivity contribution in [1.82, 2.24) is 20.4 Å². The fourth-order valence-electron chi connectivity index (χ4n) is 7.31. The number of carbonyl (C=O) groups excluding carboxylic acids is 5. The van der Waals surface area contributed by atoms with Crippen LogP contribution in [0.2, 0.25) is 0 Å². The number of hydrogen-bond acceptors (Lipinski definition) is 10. The predicted molar refractivity (Wildman–Crippen MR) is 200 cm³/mol. The summed E-state index contributed by atoms with van der Waals surface area (Å²) in [6.45, 7) is 13.6. The number of methoxy groups -OCH3 is 3. The molecule has 0 unspecified atom stereocenters. The van der Waals surface area contributed by atoms with E-state index < -0.39 is 53.5 Å². The molecule has 1 aromatic carbocycles. The van der Waals surface area contributed by atoms with Gasteiger partial charge in [-0.15, -0.1) is 0 Å². The number of likely N-dealkylation sites (tertiary alicyclic amines) is 1. The topological polar surface area (TPSA) is 170 Å². The molecule has 2 rings (SSSR count). The first-order chi connectivity index (χ1) is 24.5. The summed E-state index contributed by atoms with van der Waals surface area (Å²) in [6, 6.07) is 7.04. The molecule has 1 saturated heterocycles. The number of benzene rings is 1.